The molecule has 1 saturated heterocycles. The summed E-state index contributed by atoms with van der Waals surface area (Å²) in [5, 5.41) is 6.03. The van der Waals surface area contributed by atoms with Crippen molar-refractivity contribution in [3.8, 4) is 0 Å². The van der Waals surface area contributed by atoms with Crippen LogP contribution in [-0.2, 0) is 11.3 Å². The number of carbonyl (C=O) groups excluding carboxylic acids is 1. The van der Waals surface area contributed by atoms with E-state index < -0.39 is 0 Å². The third-order valence-electron chi connectivity index (χ3n) is 2.98. The van der Waals surface area contributed by atoms with Gasteiger partial charge in [-0.05, 0) is 17.7 Å². The number of carbonyl (C=O) groups is 1. The molecule has 0 bridgehead atoms. The van der Waals surface area contributed by atoms with Gasteiger partial charge in [0.05, 0.1) is 18.2 Å². The second-order valence-electron chi connectivity index (χ2n) is 4.18. The first kappa shape index (κ1) is 11.3. The van der Waals surface area contributed by atoms with Crippen LogP contribution in [0.2, 0.25) is 0 Å². The molecule has 1 amide bonds. The Labute approximate surface area is 112 Å². The summed E-state index contributed by atoms with van der Waals surface area (Å²) in [6.07, 6.45) is 0. The van der Waals surface area contributed by atoms with E-state index in [4.69, 9.17) is 0 Å². The first-order valence-electron chi connectivity index (χ1n) is 5.45. The van der Waals surface area contributed by atoms with Crippen LogP contribution in [0.5, 0.6) is 0 Å². The Morgan fingerprint density at radius 1 is 1.41 bits per heavy atom. The summed E-state index contributed by atoms with van der Waals surface area (Å²) in [4.78, 5) is 12.0. The molecule has 1 unspecified atom stereocenters. The minimum atomic E-state index is 0.0513. The van der Waals surface area contributed by atoms with Crippen molar-refractivity contribution < 1.29 is 4.79 Å². The fraction of sp³-hybridized carbons (Fsp3) is 0.333. The number of rotatable bonds is 2. The van der Waals surface area contributed by atoms with Crippen LogP contribution in [0, 0.1) is 5.92 Å². The predicted octanol–water partition coefficient (Wildman–Crippen LogP) is 2.51. The summed E-state index contributed by atoms with van der Waals surface area (Å²) < 4.78 is 1.05. The maximum Gasteiger partial charge on any atom is 0.252 e. The number of nitrogens with zero attached hydrogens (tertiary/aromatic N) is 2. The maximum atomic E-state index is 12.0. The lowest BCUT2D eigenvalue weighted by Gasteiger charge is -2.13. The molecule has 1 aromatic rings. The van der Waals surface area contributed by atoms with E-state index in [0.717, 1.165) is 27.3 Å². The topological polar surface area (TPSA) is 32.7 Å². The Morgan fingerprint density at radius 3 is 2.88 bits per heavy atom. The molecular weight excluding hydrogens is 300 g/mol. The van der Waals surface area contributed by atoms with Crippen LogP contribution in [0.15, 0.2) is 33.8 Å². The SMILES string of the molecule is O=C1C2CSCC2=NN1Cc1ccc(Br)cc1. The van der Waals surface area contributed by atoms with Gasteiger partial charge in [-0.15, -0.1) is 0 Å². The molecule has 0 N–H and O–H groups in total. The van der Waals surface area contributed by atoms with Gasteiger partial charge in [-0.3, -0.25) is 4.79 Å². The van der Waals surface area contributed by atoms with Crippen LogP contribution in [0.1, 0.15) is 5.56 Å². The molecule has 3 rings (SSSR count). The van der Waals surface area contributed by atoms with E-state index in [-0.39, 0.29) is 11.8 Å². The van der Waals surface area contributed by atoms with Crippen molar-refractivity contribution in [2.45, 2.75) is 6.54 Å². The molecule has 2 aliphatic heterocycles. The second-order valence-corrected chi connectivity index (χ2v) is 6.13. The Kier molecular flexibility index (Phi) is 2.96. The van der Waals surface area contributed by atoms with Gasteiger partial charge >= 0.3 is 0 Å². The fourth-order valence-electron chi connectivity index (χ4n) is 2.05. The summed E-state index contributed by atoms with van der Waals surface area (Å²) >= 11 is 5.19. The van der Waals surface area contributed by atoms with Crippen LogP contribution in [0.3, 0.4) is 0 Å². The fourth-order valence-corrected chi connectivity index (χ4v) is 3.47. The Hall–Kier alpha value is -0.810. The van der Waals surface area contributed by atoms with Gasteiger partial charge in [0, 0.05) is 16.0 Å². The van der Waals surface area contributed by atoms with Gasteiger partial charge in [-0.2, -0.15) is 16.9 Å². The second kappa shape index (κ2) is 4.46. The number of halogens is 1. The highest BCUT2D eigenvalue weighted by Gasteiger charge is 2.38. The molecule has 0 aromatic heterocycles. The van der Waals surface area contributed by atoms with Gasteiger partial charge in [-0.1, -0.05) is 28.1 Å². The molecule has 0 saturated carbocycles. The minimum absolute atomic E-state index is 0.0513. The molecule has 1 aromatic carbocycles. The van der Waals surface area contributed by atoms with E-state index in [1.165, 1.54) is 0 Å². The number of hydrazone groups is 1. The van der Waals surface area contributed by atoms with Crippen molar-refractivity contribution in [1.29, 1.82) is 0 Å². The van der Waals surface area contributed by atoms with E-state index in [0.29, 0.717) is 6.54 Å². The molecule has 2 heterocycles. The number of thioether (sulfide) groups is 1. The predicted molar refractivity (Wildman–Crippen MR) is 72.9 cm³/mol. The number of amides is 1. The number of hydrogen-bond donors (Lipinski definition) is 0. The number of benzene rings is 1. The molecule has 0 aliphatic carbocycles. The standard InChI is InChI=1S/C12H11BrN2OS/c13-9-3-1-8(2-4-9)5-15-12(16)10-6-17-7-11(10)14-15/h1-4,10H,5-7H2. The van der Waals surface area contributed by atoms with Crippen LogP contribution in [0.25, 0.3) is 0 Å². The zero-order chi connectivity index (χ0) is 11.8. The molecule has 1 fully saturated rings. The summed E-state index contributed by atoms with van der Waals surface area (Å²) in [5.41, 5.74) is 2.16. The summed E-state index contributed by atoms with van der Waals surface area (Å²) in [5.74, 6) is 2.02. The van der Waals surface area contributed by atoms with E-state index in [2.05, 4.69) is 21.0 Å². The zero-order valence-electron chi connectivity index (χ0n) is 9.10. The van der Waals surface area contributed by atoms with Gasteiger partial charge < -0.3 is 0 Å². The molecular formula is C12H11BrN2OS. The number of fused-ring (bicyclic) bond motifs is 1. The lowest BCUT2D eigenvalue weighted by Crippen LogP contribution is -2.27. The average Bonchev–Trinajstić information content (AvgIpc) is 2.87. The quantitative estimate of drug-likeness (QED) is 0.841. The van der Waals surface area contributed by atoms with E-state index in [1.54, 1.807) is 16.8 Å². The molecule has 88 valence electrons. The van der Waals surface area contributed by atoms with Gasteiger partial charge in [-0.25, -0.2) is 5.01 Å². The van der Waals surface area contributed by atoms with E-state index in [1.807, 2.05) is 24.3 Å². The van der Waals surface area contributed by atoms with Gasteiger partial charge in [0.1, 0.15) is 0 Å². The Bertz CT molecular complexity index is 486. The van der Waals surface area contributed by atoms with Gasteiger partial charge in [0.2, 0.25) is 0 Å². The Morgan fingerprint density at radius 2 is 2.18 bits per heavy atom. The highest BCUT2D eigenvalue weighted by molar-refractivity contribution is 9.10. The molecule has 2 aliphatic rings. The first-order valence-corrected chi connectivity index (χ1v) is 7.40. The highest BCUT2D eigenvalue weighted by Crippen LogP contribution is 2.29. The largest absolute Gasteiger partial charge is 0.272 e. The minimum Gasteiger partial charge on any atom is -0.272 e. The van der Waals surface area contributed by atoms with Gasteiger partial charge in [0.25, 0.3) is 5.91 Å². The third kappa shape index (κ3) is 2.13. The smallest absolute Gasteiger partial charge is 0.252 e. The monoisotopic (exact) mass is 310 g/mol. The van der Waals surface area contributed by atoms with Crippen LogP contribution in [-0.4, -0.2) is 28.1 Å². The maximum absolute atomic E-state index is 12.0. The lowest BCUT2D eigenvalue weighted by atomic mass is 10.1. The third-order valence-corrected chi connectivity index (χ3v) is 4.58. The molecule has 3 nitrogen and oxygen atoms in total. The van der Waals surface area contributed by atoms with Crippen molar-refractivity contribution in [2.75, 3.05) is 11.5 Å². The van der Waals surface area contributed by atoms with Crippen molar-refractivity contribution >= 4 is 39.3 Å². The van der Waals surface area contributed by atoms with Crippen molar-refractivity contribution in [1.82, 2.24) is 5.01 Å². The Balaban J connectivity index is 1.76. The van der Waals surface area contributed by atoms with Crippen molar-refractivity contribution in [3.63, 3.8) is 0 Å². The average molecular weight is 311 g/mol. The lowest BCUT2D eigenvalue weighted by molar-refractivity contribution is -0.131. The van der Waals surface area contributed by atoms with Crippen molar-refractivity contribution in [2.24, 2.45) is 11.0 Å². The highest BCUT2D eigenvalue weighted by atomic mass is 79.9. The van der Waals surface area contributed by atoms with Crippen LogP contribution >= 0.6 is 27.7 Å². The molecule has 0 radical (unpaired) electrons. The zero-order valence-corrected chi connectivity index (χ0v) is 11.5. The normalized spacial score (nSPS) is 22.9. The summed E-state index contributed by atoms with van der Waals surface area (Å²) in [6.45, 7) is 0.580. The molecule has 5 heteroatoms. The molecule has 0 spiro atoms. The van der Waals surface area contributed by atoms with E-state index >= 15 is 0 Å². The van der Waals surface area contributed by atoms with E-state index in [9.17, 15) is 4.79 Å². The number of hydrogen-bond acceptors (Lipinski definition) is 3. The van der Waals surface area contributed by atoms with Crippen LogP contribution in [0.4, 0.5) is 0 Å². The summed E-state index contributed by atoms with van der Waals surface area (Å²) in [7, 11) is 0. The van der Waals surface area contributed by atoms with Gasteiger partial charge in [0.15, 0.2) is 0 Å². The van der Waals surface area contributed by atoms with Crippen molar-refractivity contribution in [3.05, 3.63) is 34.3 Å². The molecule has 17 heavy (non-hydrogen) atoms. The first-order chi connectivity index (χ1) is 8.24. The molecule has 1 atom stereocenters. The summed E-state index contributed by atoms with van der Waals surface area (Å²) in [6, 6.07) is 8.00. The van der Waals surface area contributed by atoms with Crippen LogP contribution < -0.4 is 0 Å².